The van der Waals surface area contributed by atoms with Gasteiger partial charge in [0.15, 0.2) is 0 Å². The standard InChI is InChI=1S/C18H24N2O3S/c1-12-4-2-3-5-15(12)23-9-8-19-18(22)13-6-7-16-14(10-13)20-17(21)11-24-16/h6-7,10,12,15H,2-5,8-9,11H2,1H3,(H,19,22)(H,20,21)/t12-,15+/m0/s1. The topological polar surface area (TPSA) is 67.4 Å². The summed E-state index contributed by atoms with van der Waals surface area (Å²) in [6.45, 7) is 3.28. The fourth-order valence-corrected chi connectivity index (χ4v) is 4.02. The van der Waals surface area contributed by atoms with E-state index in [0.29, 0.717) is 36.5 Å². The highest BCUT2D eigenvalue weighted by atomic mass is 32.2. The Morgan fingerprint density at radius 2 is 2.21 bits per heavy atom. The molecular weight excluding hydrogens is 324 g/mol. The summed E-state index contributed by atoms with van der Waals surface area (Å²) in [6, 6.07) is 5.41. The number of rotatable bonds is 5. The van der Waals surface area contributed by atoms with Crippen molar-refractivity contribution in [3.05, 3.63) is 23.8 Å². The first kappa shape index (κ1) is 17.3. The molecule has 0 bridgehead atoms. The molecule has 0 saturated heterocycles. The second-order valence-corrected chi connectivity index (χ2v) is 7.49. The van der Waals surface area contributed by atoms with Crippen LogP contribution in [0.2, 0.25) is 0 Å². The predicted molar refractivity (Wildman–Crippen MR) is 95.5 cm³/mol. The van der Waals surface area contributed by atoms with Crippen LogP contribution in [0.3, 0.4) is 0 Å². The summed E-state index contributed by atoms with van der Waals surface area (Å²) in [5, 5.41) is 5.69. The SMILES string of the molecule is C[C@H]1CCCC[C@H]1OCCNC(=O)c1ccc2c(c1)NC(=O)CS2. The summed E-state index contributed by atoms with van der Waals surface area (Å²) in [5.41, 5.74) is 1.28. The van der Waals surface area contributed by atoms with Gasteiger partial charge in [-0.05, 0) is 37.0 Å². The molecule has 3 rings (SSSR count). The number of nitrogens with one attached hydrogen (secondary N) is 2. The monoisotopic (exact) mass is 348 g/mol. The predicted octanol–water partition coefficient (Wildman–Crippen LogP) is 3.06. The van der Waals surface area contributed by atoms with Gasteiger partial charge in [0, 0.05) is 17.0 Å². The summed E-state index contributed by atoms with van der Waals surface area (Å²) >= 11 is 1.49. The van der Waals surface area contributed by atoms with Crippen molar-refractivity contribution in [3.8, 4) is 0 Å². The zero-order valence-corrected chi connectivity index (χ0v) is 14.8. The van der Waals surface area contributed by atoms with Gasteiger partial charge in [0.25, 0.3) is 5.91 Å². The third kappa shape index (κ3) is 4.30. The maximum absolute atomic E-state index is 12.2. The Hall–Kier alpha value is -1.53. The van der Waals surface area contributed by atoms with E-state index in [0.717, 1.165) is 17.0 Å². The fraction of sp³-hybridized carbons (Fsp3) is 0.556. The molecule has 6 heteroatoms. The molecule has 24 heavy (non-hydrogen) atoms. The van der Waals surface area contributed by atoms with Crippen LogP contribution in [0.1, 0.15) is 43.0 Å². The number of hydrogen-bond donors (Lipinski definition) is 2. The van der Waals surface area contributed by atoms with Crippen molar-refractivity contribution >= 4 is 29.3 Å². The van der Waals surface area contributed by atoms with E-state index in [1.54, 1.807) is 12.1 Å². The van der Waals surface area contributed by atoms with E-state index in [1.807, 2.05) is 6.07 Å². The molecule has 0 aromatic heterocycles. The third-order valence-corrected chi connectivity index (χ3v) is 5.70. The first-order valence-corrected chi connectivity index (χ1v) is 9.58. The molecule has 0 unspecified atom stereocenters. The first-order chi connectivity index (χ1) is 11.6. The van der Waals surface area contributed by atoms with Crippen molar-refractivity contribution in [2.24, 2.45) is 5.92 Å². The number of thioether (sulfide) groups is 1. The number of carbonyl (C=O) groups is 2. The number of anilines is 1. The Bertz CT molecular complexity index is 620. The summed E-state index contributed by atoms with van der Waals surface area (Å²) in [7, 11) is 0. The molecule has 1 heterocycles. The Kier molecular flexibility index (Phi) is 5.79. The number of carbonyl (C=O) groups excluding carboxylic acids is 2. The van der Waals surface area contributed by atoms with Crippen LogP contribution in [0.15, 0.2) is 23.1 Å². The van der Waals surface area contributed by atoms with Crippen LogP contribution >= 0.6 is 11.8 Å². The van der Waals surface area contributed by atoms with Crippen LogP contribution in [0.25, 0.3) is 0 Å². The zero-order valence-electron chi connectivity index (χ0n) is 14.0. The van der Waals surface area contributed by atoms with Crippen LogP contribution < -0.4 is 10.6 Å². The van der Waals surface area contributed by atoms with E-state index in [1.165, 1.54) is 31.0 Å². The summed E-state index contributed by atoms with van der Waals surface area (Å²) in [6.07, 6.45) is 5.21. The van der Waals surface area contributed by atoms with Crippen molar-refractivity contribution in [2.45, 2.75) is 43.6 Å². The molecule has 1 aromatic rings. The van der Waals surface area contributed by atoms with Crippen LogP contribution in [-0.4, -0.2) is 36.8 Å². The highest BCUT2D eigenvalue weighted by Crippen LogP contribution is 2.32. The molecule has 1 saturated carbocycles. The molecule has 5 nitrogen and oxygen atoms in total. The molecular formula is C18H24N2O3S. The van der Waals surface area contributed by atoms with Crippen LogP contribution in [0.5, 0.6) is 0 Å². The van der Waals surface area contributed by atoms with Gasteiger partial charge < -0.3 is 15.4 Å². The lowest BCUT2D eigenvalue weighted by molar-refractivity contribution is -0.113. The lowest BCUT2D eigenvalue weighted by Crippen LogP contribution is -2.32. The molecule has 0 spiro atoms. The summed E-state index contributed by atoms with van der Waals surface area (Å²) in [4.78, 5) is 24.7. The van der Waals surface area contributed by atoms with Crippen molar-refractivity contribution in [1.82, 2.24) is 5.32 Å². The minimum Gasteiger partial charge on any atom is -0.376 e. The smallest absolute Gasteiger partial charge is 0.251 e. The maximum Gasteiger partial charge on any atom is 0.251 e. The molecule has 130 valence electrons. The van der Waals surface area contributed by atoms with Gasteiger partial charge in [-0.25, -0.2) is 0 Å². The average Bonchev–Trinajstić information content (AvgIpc) is 2.59. The number of fused-ring (bicyclic) bond motifs is 1. The van der Waals surface area contributed by atoms with E-state index >= 15 is 0 Å². The quantitative estimate of drug-likeness (QED) is 0.803. The summed E-state index contributed by atoms with van der Waals surface area (Å²) < 4.78 is 5.91. The number of hydrogen-bond acceptors (Lipinski definition) is 4. The third-order valence-electron chi connectivity index (χ3n) is 4.63. The van der Waals surface area contributed by atoms with Gasteiger partial charge in [0.1, 0.15) is 0 Å². The van der Waals surface area contributed by atoms with Gasteiger partial charge in [-0.2, -0.15) is 0 Å². The van der Waals surface area contributed by atoms with Gasteiger partial charge in [-0.1, -0.05) is 19.8 Å². The molecule has 0 radical (unpaired) electrons. The van der Waals surface area contributed by atoms with Gasteiger partial charge in [-0.3, -0.25) is 9.59 Å². The van der Waals surface area contributed by atoms with Gasteiger partial charge in [0.05, 0.1) is 24.2 Å². The van der Waals surface area contributed by atoms with Crippen molar-refractivity contribution in [1.29, 1.82) is 0 Å². The molecule has 1 aliphatic carbocycles. The van der Waals surface area contributed by atoms with Crippen LogP contribution in [0.4, 0.5) is 5.69 Å². The fourth-order valence-electron chi connectivity index (χ4n) is 3.23. The van der Waals surface area contributed by atoms with Crippen LogP contribution in [0, 0.1) is 5.92 Å². The first-order valence-electron chi connectivity index (χ1n) is 8.60. The summed E-state index contributed by atoms with van der Waals surface area (Å²) in [5.74, 6) is 0.870. The lowest BCUT2D eigenvalue weighted by atomic mass is 9.88. The van der Waals surface area contributed by atoms with Gasteiger partial charge >= 0.3 is 0 Å². The second-order valence-electron chi connectivity index (χ2n) is 6.47. The number of amides is 2. The van der Waals surface area contributed by atoms with Crippen LogP contribution in [-0.2, 0) is 9.53 Å². The minimum absolute atomic E-state index is 0.0277. The highest BCUT2D eigenvalue weighted by Gasteiger charge is 2.21. The van der Waals surface area contributed by atoms with Gasteiger partial charge in [0.2, 0.25) is 5.91 Å². The molecule has 2 amide bonds. The molecule has 2 atom stereocenters. The minimum atomic E-state index is -0.136. The maximum atomic E-state index is 12.2. The van der Waals surface area contributed by atoms with Gasteiger partial charge in [-0.15, -0.1) is 11.8 Å². The van der Waals surface area contributed by atoms with Crippen molar-refractivity contribution in [2.75, 3.05) is 24.2 Å². The molecule has 1 aliphatic heterocycles. The Morgan fingerprint density at radius 3 is 3.04 bits per heavy atom. The van der Waals surface area contributed by atoms with Crippen molar-refractivity contribution in [3.63, 3.8) is 0 Å². The Balaban J connectivity index is 1.47. The molecule has 2 N–H and O–H groups in total. The number of benzene rings is 1. The molecule has 1 aromatic carbocycles. The highest BCUT2D eigenvalue weighted by molar-refractivity contribution is 8.00. The van der Waals surface area contributed by atoms with E-state index < -0.39 is 0 Å². The Morgan fingerprint density at radius 1 is 1.38 bits per heavy atom. The lowest BCUT2D eigenvalue weighted by Gasteiger charge is -2.28. The normalized spacial score (nSPS) is 23.3. The number of ether oxygens (including phenoxy) is 1. The second kappa shape index (κ2) is 8.03. The average molecular weight is 348 g/mol. The molecule has 1 fully saturated rings. The Labute approximate surface area is 146 Å². The largest absolute Gasteiger partial charge is 0.376 e. The van der Waals surface area contributed by atoms with E-state index in [9.17, 15) is 9.59 Å². The van der Waals surface area contributed by atoms with E-state index in [2.05, 4.69) is 17.6 Å². The molecule has 2 aliphatic rings. The zero-order chi connectivity index (χ0) is 16.9. The van der Waals surface area contributed by atoms with Crippen molar-refractivity contribution < 1.29 is 14.3 Å². The van der Waals surface area contributed by atoms with E-state index in [4.69, 9.17) is 4.74 Å². The van der Waals surface area contributed by atoms with E-state index in [-0.39, 0.29) is 11.8 Å².